The summed E-state index contributed by atoms with van der Waals surface area (Å²) in [6.45, 7) is 5.50. The van der Waals surface area contributed by atoms with Gasteiger partial charge in [0.25, 0.3) is 5.91 Å². The number of thiazole rings is 1. The first-order valence-corrected chi connectivity index (χ1v) is 9.87. The number of aryl methyl sites for hydroxylation is 1. The maximum absolute atomic E-state index is 12.9. The van der Waals surface area contributed by atoms with Crippen molar-refractivity contribution in [3.8, 4) is 5.69 Å². The summed E-state index contributed by atoms with van der Waals surface area (Å²) in [4.78, 5) is 28.6. The van der Waals surface area contributed by atoms with Crippen LogP contribution in [0.15, 0.2) is 36.5 Å². The third-order valence-corrected chi connectivity index (χ3v) is 5.65. The number of aromatic nitrogens is 3. The predicted molar refractivity (Wildman–Crippen MR) is 107 cm³/mol. The number of hydrogen-bond donors (Lipinski definition) is 2. The molecule has 2 aromatic heterocycles. The van der Waals surface area contributed by atoms with Crippen LogP contribution < -0.4 is 5.32 Å². The number of carbonyl (C=O) groups excluding carboxylic acids is 1. The largest absolute Gasteiger partial charge is 0.477 e. The van der Waals surface area contributed by atoms with Crippen LogP contribution in [-0.2, 0) is 6.42 Å². The zero-order valence-corrected chi connectivity index (χ0v) is 16.8. The number of hydrogen-bond acceptors (Lipinski definition) is 5. The highest BCUT2D eigenvalue weighted by molar-refractivity contribution is 7.13. The van der Waals surface area contributed by atoms with Crippen molar-refractivity contribution in [3.63, 3.8) is 0 Å². The van der Waals surface area contributed by atoms with Crippen LogP contribution in [0, 0.1) is 6.92 Å². The molecule has 0 bridgehead atoms. The van der Waals surface area contributed by atoms with Crippen LogP contribution in [0.25, 0.3) is 5.69 Å². The first-order chi connectivity index (χ1) is 13.4. The van der Waals surface area contributed by atoms with Gasteiger partial charge in [0.05, 0.1) is 34.9 Å². The molecule has 1 amide bonds. The summed E-state index contributed by atoms with van der Waals surface area (Å²) in [5.74, 6) is -1.25. The molecule has 0 radical (unpaired) electrons. The van der Waals surface area contributed by atoms with Gasteiger partial charge in [0, 0.05) is 0 Å². The van der Waals surface area contributed by atoms with Crippen molar-refractivity contribution in [1.29, 1.82) is 0 Å². The van der Waals surface area contributed by atoms with Crippen LogP contribution in [0.5, 0.6) is 0 Å². The number of aromatic carboxylic acids is 1. The summed E-state index contributed by atoms with van der Waals surface area (Å²) < 4.78 is 1.79. The average molecular weight is 398 g/mol. The van der Waals surface area contributed by atoms with Crippen molar-refractivity contribution < 1.29 is 14.7 Å². The molecule has 2 N–H and O–H groups in total. The van der Waals surface area contributed by atoms with E-state index in [0.717, 1.165) is 29.1 Å². The van der Waals surface area contributed by atoms with Crippen molar-refractivity contribution in [2.24, 2.45) is 0 Å². The Kier molecular flexibility index (Phi) is 5.89. The van der Waals surface area contributed by atoms with Gasteiger partial charge in [-0.3, -0.25) is 4.79 Å². The molecule has 0 saturated carbocycles. The van der Waals surface area contributed by atoms with Crippen molar-refractivity contribution in [2.45, 2.75) is 39.7 Å². The van der Waals surface area contributed by atoms with Crippen LogP contribution in [0.3, 0.4) is 0 Å². The molecule has 1 aromatic carbocycles. The fourth-order valence-corrected chi connectivity index (χ4v) is 3.88. The van der Waals surface area contributed by atoms with E-state index in [1.54, 1.807) is 24.7 Å². The molecule has 0 aliphatic carbocycles. The molecule has 28 heavy (non-hydrogen) atoms. The van der Waals surface area contributed by atoms with E-state index in [0.29, 0.717) is 22.7 Å². The first kappa shape index (κ1) is 19.8. The average Bonchev–Trinajstić information content (AvgIpc) is 3.26. The van der Waals surface area contributed by atoms with Crippen LogP contribution in [0.4, 0.5) is 0 Å². The minimum Gasteiger partial charge on any atom is -0.477 e. The Hall–Kier alpha value is -3.00. The van der Waals surface area contributed by atoms with Gasteiger partial charge in [-0.25, -0.2) is 14.5 Å². The summed E-state index contributed by atoms with van der Waals surface area (Å²) in [5.41, 5.74) is 2.72. The third-order valence-electron chi connectivity index (χ3n) is 4.33. The van der Waals surface area contributed by atoms with Gasteiger partial charge in [-0.15, -0.1) is 11.3 Å². The summed E-state index contributed by atoms with van der Waals surface area (Å²) in [6, 6.07) is 9.28. The smallest absolute Gasteiger partial charge is 0.347 e. The fraction of sp³-hybridized carbons (Fsp3) is 0.300. The standard InChI is InChI=1S/C20H22N4O3S/c1-4-8-16-15(11-21-24(16)14-9-6-5-7-10-14)18(25)22-13(3)19-23-12(2)17(28-19)20(26)27/h5-7,9-11,13H,4,8H2,1-3H3,(H,22,25)(H,26,27). The minimum atomic E-state index is -1.01. The highest BCUT2D eigenvalue weighted by Crippen LogP contribution is 2.24. The number of benzene rings is 1. The number of carboxylic acid groups (broad SMARTS) is 1. The van der Waals surface area contributed by atoms with Gasteiger partial charge in [0.15, 0.2) is 0 Å². The van der Waals surface area contributed by atoms with Crippen LogP contribution in [0.1, 0.15) is 62.7 Å². The Balaban J connectivity index is 1.85. The molecule has 0 spiro atoms. The van der Waals surface area contributed by atoms with Crippen molar-refractivity contribution in [2.75, 3.05) is 0 Å². The lowest BCUT2D eigenvalue weighted by atomic mass is 10.1. The third kappa shape index (κ3) is 3.96. The van der Waals surface area contributed by atoms with Crippen molar-refractivity contribution in [1.82, 2.24) is 20.1 Å². The van der Waals surface area contributed by atoms with Crippen molar-refractivity contribution >= 4 is 23.2 Å². The predicted octanol–water partition coefficient (Wildman–Crippen LogP) is 3.78. The topological polar surface area (TPSA) is 97.1 Å². The molecule has 2 heterocycles. The van der Waals surface area contributed by atoms with Gasteiger partial charge in [-0.2, -0.15) is 5.10 Å². The summed E-state index contributed by atoms with van der Waals surface area (Å²) >= 11 is 1.08. The Labute approximate surface area is 167 Å². The SMILES string of the molecule is CCCc1c(C(=O)NC(C)c2nc(C)c(C(=O)O)s2)cnn1-c1ccccc1. The van der Waals surface area contributed by atoms with E-state index >= 15 is 0 Å². The maximum atomic E-state index is 12.9. The second-order valence-electron chi connectivity index (χ2n) is 6.47. The molecule has 0 fully saturated rings. The highest BCUT2D eigenvalue weighted by atomic mass is 32.1. The molecular formula is C20H22N4O3S. The number of para-hydroxylation sites is 1. The number of amides is 1. The summed E-state index contributed by atoms with van der Waals surface area (Å²) in [6.07, 6.45) is 3.17. The van der Waals surface area contributed by atoms with Crippen LogP contribution in [0.2, 0.25) is 0 Å². The lowest BCUT2D eigenvalue weighted by molar-refractivity contribution is 0.0701. The molecule has 0 aliphatic rings. The summed E-state index contributed by atoms with van der Waals surface area (Å²) in [7, 11) is 0. The van der Waals surface area contributed by atoms with E-state index in [1.165, 1.54) is 0 Å². The van der Waals surface area contributed by atoms with Gasteiger partial charge in [-0.05, 0) is 32.4 Å². The molecule has 3 aromatic rings. The van der Waals surface area contributed by atoms with Gasteiger partial charge in [-0.1, -0.05) is 31.5 Å². The quantitative estimate of drug-likeness (QED) is 0.631. The van der Waals surface area contributed by atoms with Gasteiger partial charge in [0.1, 0.15) is 9.88 Å². The van der Waals surface area contributed by atoms with Crippen molar-refractivity contribution in [3.05, 3.63) is 63.4 Å². The van der Waals surface area contributed by atoms with Gasteiger partial charge < -0.3 is 10.4 Å². The zero-order chi connectivity index (χ0) is 20.3. The molecular weight excluding hydrogens is 376 g/mol. The number of nitrogens with one attached hydrogen (secondary N) is 1. The van der Waals surface area contributed by atoms with Crippen LogP contribution in [-0.4, -0.2) is 31.7 Å². The Bertz CT molecular complexity index is 994. The summed E-state index contributed by atoms with van der Waals surface area (Å²) in [5, 5.41) is 17.1. The molecule has 1 atom stereocenters. The Morgan fingerprint density at radius 1 is 1.29 bits per heavy atom. The molecule has 1 unspecified atom stereocenters. The van der Waals surface area contributed by atoms with E-state index < -0.39 is 12.0 Å². The molecule has 8 heteroatoms. The number of rotatable bonds is 7. The van der Waals surface area contributed by atoms with E-state index in [9.17, 15) is 14.7 Å². The van der Waals surface area contributed by atoms with E-state index in [4.69, 9.17) is 0 Å². The van der Waals surface area contributed by atoms with Crippen LogP contribution >= 0.6 is 11.3 Å². The lowest BCUT2D eigenvalue weighted by Gasteiger charge is -2.12. The van der Waals surface area contributed by atoms with E-state index in [2.05, 4.69) is 22.3 Å². The number of carboxylic acids is 1. The van der Waals surface area contributed by atoms with Gasteiger partial charge in [0.2, 0.25) is 0 Å². The molecule has 0 aliphatic heterocycles. The number of carbonyl (C=O) groups is 2. The number of nitrogens with zero attached hydrogens (tertiary/aromatic N) is 3. The second-order valence-corrected chi connectivity index (χ2v) is 7.50. The molecule has 3 rings (SSSR count). The monoisotopic (exact) mass is 398 g/mol. The van der Waals surface area contributed by atoms with E-state index in [1.807, 2.05) is 30.3 Å². The fourth-order valence-electron chi connectivity index (χ4n) is 2.97. The zero-order valence-electron chi connectivity index (χ0n) is 16.0. The Morgan fingerprint density at radius 2 is 2.00 bits per heavy atom. The molecule has 146 valence electrons. The maximum Gasteiger partial charge on any atom is 0.347 e. The Morgan fingerprint density at radius 3 is 2.61 bits per heavy atom. The first-order valence-electron chi connectivity index (χ1n) is 9.06. The van der Waals surface area contributed by atoms with E-state index in [-0.39, 0.29) is 10.8 Å². The lowest BCUT2D eigenvalue weighted by Crippen LogP contribution is -2.27. The second kappa shape index (κ2) is 8.35. The molecule has 0 saturated heterocycles. The normalized spacial score (nSPS) is 12.0. The van der Waals surface area contributed by atoms with Gasteiger partial charge >= 0.3 is 5.97 Å². The molecule has 7 nitrogen and oxygen atoms in total. The minimum absolute atomic E-state index is 0.194. The highest BCUT2D eigenvalue weighted by Gasteiger charge is 2.22.